The van der Waals surface area contributed by atoms with Gasteiger partial charge in [0.25, 0.3) is 0 Å². The summed E-state index contributed by atoms with van der Waals surface area (Å²) in [5.74, 6) is -0.242. The Kier molecular flexibility index (Phi) is 5.10. The summed E-state index contributed by atoms with van der Waals surface area (Å²) < 4.78 is 15.6. The number of hydrogen-bond donors (Lipinski definition) is 1. The van der Waals surface area contributed by atoms with E-state index in [1.54, 1.807) is 6.07 Å². The highest BCUT2D eigenvalue weighted by atomic mass is 79.9. The summed E-state index contributed by atoms with van der Waals surface area (Å²) >= 11 is 12.9. The minimum Gasteiger partial charge on any atom is -0.377 e. The molecule has 1 nitrogen and oxygen atoms in total. The van der Waals surface area contributed by atoms with Crippen molar-refractivity contribution in [2.24, 2.45) is 0 Å². The van der Waals surface area contributed by atoms with Crippen LogP contribution in [0, 0.1) is 12.7 Å². The fraction of sp³-hybridized carbons (Fsp3) is 0.200. The lowest BCUT2D eigenvalue weighted by Gasteiger charge is -2.18. The lowest BCUT2D eigenvalue weighted by molar-refractivity contribution is 0.599. The molecule has 5 heteroatoms. The molecule has 0 heterocycles. The van der Waals surface area contributed by atoms with Crippen LogP contribution in [0.1, 0.15) is 24.1 Å². The molecule has 0 amide bonds. The molecule has 0 aliphatic carbocycles. The third-order valence-electron chi connectivity index (χ3n) is 3.05. The maximum absolute atomic E-state index is 13.9. The maximum atomic E-state index is 13.9. The average molecular weight is 422 g/mol. The van der Waals surface area contributed by atoms with Crippen LogP contribution in [0.25, 0.3) is 0 Å². The fourth-order valence-corrected chi connectivity index (χ4v) is 2.99. The minimum absolute atomic E-state index is 0.168. The SMILES string of the molecule is Cc1cc(Br)c(NC(C)c2ccc(Br)cc2F)cc1Cl. The van der Waals surface area contributed by atoms with Crippen LogP contribution in [0.15, 0.2) is 39.3 Å². The maximum Gasteiger partial charge on any atom is 0.129 e. The van der Waals surface area contributed by atoms with Gasteiger partial charge < -0.3 is 5.32 Å². The van der Waals surface area contributed by atoms with Gasteiger partial charge in [0, 0.05) is 19.5 Å². The third kappa shape index (κ3) is 3.54. The summed E-state index contributed by atoms with van der Waals surface area (Å²) in [7, 11) is 0. The molecule has 106 valence electrons. The molecule has 20 heavy (non-hydrogen) atoms. The van der Waals surface area contributed by atoms with Crippen LogP contribution in [-0.4, -0.2) is 0 Å². The van der Waals surface area contributed by atoms with Crippen LogP contribution in [-0.2, 0) is 0 Å². The average Bonchev–Trinajstić information content (AvgIpc) is 2.35. The Hall–Kier alpha value is -0.580. The molecule has 0 aliphatic heterocycles. The highest BCUT2D eigenvalue weighted by Gasteiger charge is 2.13. The quantitative estimate of drug-likeness (QED) is 0.598. The molecule has 0 bridgehead atoms. The van der Waals surface area contributed by atoms with Crippen molar-refractivity contribution in [1.29, 1.82) is 0 Å². The van der Waals surface area contributed by atoms with Gasteiger partial charge in [-0.05, 0) is 59.6 Å². The number of aryl methyl sites for hydroxylation is 1. The van der Waals surface area contributed by atoms with Gasteiger partial charge in [0.1, 0.15) is 5.82 Å². The van der Waals surface area contributed by atoms with Gasteiger partial charge >= 0.3 is 0 Å². The zero-order valence-electron chi connectivity index (χ0n) is 11.0. The number of halogens is 4. The fourth-order valence-electron chi connectivity index (χ4n) is 1.92. The zero-order chi connectivity index (χ0) is 14.9. The molecule has 2 aromatic carbocycles. The van der Waals surface area contributed by atoms with E-state index in [1.165, 1.54) is 6.07 Å². The number of anilines is 1. The van der Waals surface area contributed by atoms with Crippen molar-refractivity contribution in [1.82, 2.24) is 0 Å². The van der Waals surface area contributed by atoms with Gasteiger partial charge in [0.05, 0.1) is 11.7 Å². The zero-order valence-corrected chi connectivity index (χ0v) is 14.9. The molecule has 0 spiro atoms. The van der Waals surface area contributed by atoms with Crippen molar-refractivity contribution in [2.75, 3.05) is 5.32 Å². The molecule has 0 aliphatic rings. The van der Waals surface area contributed by atoms with Gasteiger partial charge in [0.2, 0.25) is 0 Å². The van der Waals surface area contributed by atoms with E-state index in [0.717, 1.165) is 20.2 Å². The summed E-state index contributed by atoms with van der Waals surface area (Å²) in [5, 5.41) is 3.95. The van der Waals surface area contributed by atoms with Gasteiger partial charge in [0.15, 0.2) is 0 Å². The number of hydrogen-bond acceptors (Lipinski definition) is 1. The van der Waals surface area contributed by atoms with E-state index < -0.39 is 0 Å². The lowest BCUT2D eigenvalue weighted by Crippen LogP contribution is -2.09. The van der Waals surface area contributed by atoms with Crippen molar-refractivity contribution < 1.29 is 4.39 Å². The summed E-state index contributed by atoms with van der Waals surface area (Å²) in [4.78, 5) is 0. The molecule has 0 saturated heterocycles. The smallest absolute Gasteiger partial charge is 0.129 e. The third-order valence-corrected chi connectivity index (χ3v) is 4.61. The van der Waals surface area contributed by atoms with Gasteiger partial charge in [-0.1, -0.05) is 33.6 Å². The second kappa shape index (κ2) is 6.46. The van der Waals surface area contributed by atoms with Crippen LogP contribution >= 0.6 is 43.5 Å². The number of nitrogens with one attached hydrogen (secondary N) is 1. The van der Waals surface area contributed by atoms with E-state index in [9.17, 15) is 4.39 Å². The largest absolute Gasteiger partial charge is 0.377 e. The first kappa shape index (κ1) is 15.8. The van der Waals surface area contributed by atoms with Crippen molar-refractivity contribution in [3.8, 4) is 0 Å². The van der Waals surface area contributed by atoms with Crippen LogP contribution < -0.4 is 5.32 Å². The Balaban J connectivity index is 2.27. The molecule has 0 radical (unpaired) electrons. The van der Waals surface area contributed by atoms with Crippen LogP contribution in [0.3, 0.4) is 0 Å². The van der Waals surface area contributed by atoms with Crippen molar-refractivity contribution in [2.45, 2.75) is 19.9 Å². The first-order valence-electron chi connectivity index (χ1n) is 6.05. The summed E-state index contributed by atoms with van der Waals surface area (Å²) in [6, 6.07) is 8.67. The Morgan fingerprint density at radius 1 is 1.20 bits per heavy atom. The Bertz CT molecular complexity index is 646. The number of benzene rings is 2. The standard InChI is InChI=1S/C15H13Br2ClFN/c1-8-5-12(17)15(7-13(8)18)20-9(2)11-4-3-10(16)6-14(11)19/h3-7,9,20H,1-2H3. The molecule has 2 aromatic rings. The predicted octanol–water partition coefficient (Wildman–Crippen LogP) is 6.49. The monoisotopic (exact) mass is 419 g/mol. The first-order valence-corrected chi connectivity index (χ1v) is 8.02. The number of rotatable bonds is 3. The van der Waals surface area contributed by atoms with E-state index in [0.29, 0.717) is 10.6 Å². The van der Waals surface area contributed by atoms with Crippen LogP contribution in [0.4, 0.5) is 10.1 Å². The van der Waals surface area contributed by atoms with Gasteiger partial charge in [-0.25, -0.2) is 4.39 Å². The normalized spacial score (nSPS) is 12.3. The molecule has 2 rings (SSSR count). The predicted molar refractivity (Wildman–Crippen MR) is 90.0 cm³/mol. The summed E-state index contributed by atoms with van der Waals surface area (Å²) in [6.45, 7) is 3.85. The molecule has 1 unspecified atom stereocenters. The molecule has 0 saturated carbocycles. The second-order valence-corrected chi connectivity index (χ2v) is 6.79. The van der Waals surface area contributed by atoms with Gasteiger partial charge in [-0.2, -0.15) is 0 Å². The van der Waals surface area contributed by atoms with Gasteiger partial charge in [-0.15, -0.1) is 0 Å². The van der Waals surface area contributed by atoms with Crippen LogP contribution in [0.2, 0.25) is 5.02 Å². The lowest BCUT2D eigenvalue weighted by atomic mass is 10.1. The Morgan fingerprint density at radius 2 is 1.90 bits per heavy atom. The molecule has 0 aromatic heterocycles. The van der Waals surface area contributed by atoms with Crippen molar-refractivity contribution >= 4 is 49.1 Å². The molecule has 0 fully saturated rings. The van der Waals surface area contributed by atoms with E-state index >= 15 is 0 Å². The van der Waals surface area contributed by atoms with Crippen LogP contribution in [0.5, 0.6) is 0 Å². The van der Waals surface area contributed by atoms with E-state index in [-0.39, 0.29) is 11.9 Å². The first-order chi connectivity index (χ1) is 9.38. The molecule has 1 atom stereocenters. The molecular formula is C15H13Br2ClFN. The van der Waals surface area contributed by atoms with Crippen molar-refractivity contribution in [3.63, 3.8) is 0 Å². The minimum atomic E-state index is -0.242. The highest BCUT2D eigenvalue weighted by Crippen LogP contribution is 2.32. The van der Waals surface area contributed by atoms with Gasteiger partial charge in [-0.3, -0.25) is 0 Å². The molecule has 1 N–H and O–H groups in total. The summed E-state index contributed by atoms with van der Waals surface area (Å²) in [5.41, 5.74) is 2.44. The topological polar surface area (TPSA) is 12.0 Å². The summed E-state index contributed by atoms with van der Waals surface area (Å²) in [6.07, 6.45) is 0. The Morgan fingerprint density at radius 3 is 2.55 bits per heavy atom. The van der Waals surface area contributed by atoms with Crippen molar-refractivity contribution in [3.05, 3.63) is 61.2 Å². The van der Waals surface area contributed by atoms with E-state index in [1.807, 2.05) is 32.0 Å². The Labute approximate surface area is 139 Å². The van der Waals surface area contributed by atoms with E-state index in [2.05, 4.69) is 37.2 Å². The highest BCUT2D eigenvalue weighted by molar-refractivity contribution is 9.10. The second-order valence-electron chi connectivity index (χ2n) is 4.61. The van der Waals surface area contributed by atoms with E-state index in [4.69, 9.17) is 11.6 Å². The molecular weight excluding hydrogens is 408 g/mol.